The molecular weight excluding hydrogens is 336 g/mol. The van der Waals surface area contributed by atoms with Crippen LogP contribution in [0.3, 0.4) is 0 Å². The lowest BCUT2D eigenvalue weighted by atomic mass is 10.4. The highest BCUT2D eigenvalue weighted by Gasteiger charge is 2.32. The Morgan fingerprint density at radius 1 is 0.700 bits per heavy atom. The van der Waals surface area contributed by atoms with E-state index in [0.717, 1.165) is 12.8 Å². The Labute approximate surface area is 134 Å². The van der Waals surface area contributed by atoms with Crippen molar-refractivity contribution >= 4 is 40.8 Å². The van der Waals surface area contributed by atoms with Crippen molar-refractivity contribution in [1.82, 2.24) is 0 Å². The molecule has 4 nitrogen and oxygen atoms in total. The van der Waals surface area contributed by atoms with Gasteiger partial charge in [-0.3, -0.25) is 0 Å². The third-order valence-corrected chi connectivity index (χ3v) is 12.2. The van der Waals surface area contributed by atoms with E-state index in [0.29, 0.717) is 24.3 Å². The van der Waals surface area contributed by atoms with E-state index in [9.17, 15) is 18.2 Å². The van der Waals surface area contributed by atoms with Crippen molar-refractivity contribution < 1.29 is 18.2 Å². The molecule has 0 radical (unpaired) electrons. The molecule has 0 aliphatic rings. The molecule has 0 saturated carbocycles. The first-order valence-electron chi connectivity index (χ1n) is 6.93. The van der Waals surface area contributed by atoms with Crippen molar-refractivity contribution in [3.05, 3.63) is 0 Å². The fourth-order valence-corrected chi connectivity index (χ4v) is 8.44. The maximum Gasteiger partial charge on any atom is 0.173 e. The summed E-state index contributed by atoms with van der Waals surface area (Å²) >= 11 is 0. The predicted octanol–water partition coefficient (Wildman–Crippen LogP) is 2.19. The molecule has 0 aliphatic heterocycles. The average molecular weight is 363 g/mol. The van der Waals surface area contributed by atoms with Crippen molar-refractivity contribution in [3.63, 3.8) is 0 Å². The summed E-state index contributed by atoms with van der Waals surface area (Å²) in [5.74, 6) is 0.730. The Balaban J connectivity index is 3.85. The fourth-order valence-electron chi connectivity index (χ4n) is 1.24. The van der Waals surface area contributed by atoms with Crippen LogP contribution in [-0.4, -0.2) is 40.2 Å². The lowest BCUT2D eigenvalue weighted by molar-refractivity contribution is 0.569. The van der Waals surface area contributed by atoms with Crippen LogP contribution < -0.4 is 0 Å². The van der Waals surface area contributed by atoms with Crippen LogP contribution in [0, 0.1) is 0 Å². The van der Waals surface area contributed by atoms with E-state index < -0.39 is 40.8 Å². The largest absolute Gasteiger partial charge is 0.571 e. The molecule has 0 aliphatic carbocycles. The summed E-state index contributed by atoms with van der Waals surface area (Å²) in [5.41, 5.74) is 0. The van der Waals surface area contributed by atoms with Gasteiger partial charge in [-0.2, -0.15) is 0 Å². The molecule has 20 heavy (non-hydrogen) atoms. The number of unbranched alkanes of at least 4 members (excludes halogenated alkanes) is 1. The topological polar surface area (TPSA) is 92.2 Å². The zero-order valence-corrected chi connectivity index (χ0v) is 15.9. The number of hydrogen-bond acceptors (Lipinski definition) is 4. The molecule has 122 valence electrons. The van der Waals surface area contributed by atoms with Crippen molar-refractivity contribution in [2.24, 2.45) is 0 Å². The smallest absolute Gasteiger partial charge is 0.173 e. The standard InChI is InChI=1S/C12H26O4S4/c1-5-11(3)19(15)17(13)9-7-8-10-18(14)20(16)12(4)6-2/h11-12H,5-10H2,1-4H3. The van der Waals surface area contributed by atoms with E-state index in [4.69, 9.17) is 0 Å². The van der Waals surface area contributed by atoms with Crippen LogP contribution in [-0.2, 0) is 40.8 Å². The Morgan fingerprint density at radius 2 is 1.00 bits per heavy atom. The molecule has 6 atom stereocenters. The summed E-state index contributed by atoms with van der Waals surface area (Å²) in [4.78, 5) is 0. The summed E-state index contributed by atoms with van der Waals surface area (Å²) in [6, 6.07) is 0. The first-order chi connectivity index (χ1) is 9.34. The molecule has 8 heteroatoms. The van der Waals surface area contributed by atoms with E-state index in [1.807, 2.05) is 27.7 Å². The first-order valence-corrected chi connectivity index (χ1v) is 13.0. The Hall–Kier alpha value is 1.24. The predicted molar refractivity (Wildman–Crippen MR) is 91.0 cm³/mol. The summed E-state index contributed by atoms with van der Waals surface area (Å²) < 4.78 is 47.0. The molecule has 6 unspecified atom stereocenters. The zero-order valence-electron chi connectivity index (χ0n) is 12.7. The maximum atomic E-state index is 11.8. The van der Waals surface area contributed by atoms with Gasteiger partial charge in [0.1, 0.15) is 0 Å². The van der Waals surface area contributed by atoms with Gasteiger partial charge in [0, 0.05) is 12.8 Å². The Kier molecular flexibility index (Phi) is 12.5. The van der Waals surface area contributed by atoms with Crippen LogP contribution in [0.2, 0.25) is 0 Å². The summed E-state index contributed by atoms with van der Waals surface area (Å²) in [6.07, 6.45) is 2.71. The van der Waals surface area contributed by atoms with Crippen molar-refractivity contribution in [1.29, 1.82) is 0 Å². The van der Waals surface area contributed by atoms with Crippen LogP contribution in [0.4, 0.5) is 0 Å². The van der Waals surface area contributed by atoms with Gasteiger partial charge in [0.05, 0.1) is 0 Å². The van der Waals surface area contributed by atoms with Gasteiger partial charge < -0.3 is 18.2 Å². The van der Waals surface area contributed by atoms with Crippen molar-refractivity contribution in [2.45, 2.75) is 63.9 Å². The molecule has 0 aromatic heterocycles. The minimum atomic E-state index is -1.33. The second-order valence-electron chi connectivity index (χ2n) is 4.68. The molecule has 0 aromatic carbocycles. The molecule has 0 bridgehead atoms. The van der Waals surface area contributed by atoms with Gasteiger partial charge in [-0.1, -0.05) is 13.8 Å². The van der Waals surface area contributed by atoms with Crippen LogP contribution >= 0.6 is 0 Å². The minimum Gasteiger partial charge on any atom is -0.571 e. The average Bonchev–Trinajstić information content (AvgIpc) is 2.47. The molecule has 0 fully saturated rings. The van der Waals surface area contributed by atoms with Gasteiger partial charge in [-0.25, -0.2) is 0 Å². The summed E-state index contributed by atoms with van der Waals surface area (Å²) in [7, 11) is -5.28. The van der Waals surface area contributed by atoms with Crippen LogP contribution in [0.25, 0.3) is 0 Å². The van der Waals surface area contributed by atoms with E-state index in [1.165, 1.54) is 0 Å². The SMILES string of the molecule is CCC(C)[S+]([O-])[S+]([O-])CCCC[S+]([O-])[S+]([O-])C(C)CC. The van der Waals surface area contributed by atoms with E-state index in [1.54, 1.807) is 0 Å². The van der Waals surface area contributed by atoms with Gasteiger partial charge in [0.25, 0.3) is 0 Å². The van der Waals surface area contributed by atoms with Crippen LogP contribution in [0.15, 0.2) is 0 Å². The van der Waals surface area contributed by atoms with E-state index >= 15 is 0 Å². The zero-order chi connectivity index (χ0) is 15.7. The van der Waals surface area contributed by atoms with Gasteiger partial charge in [-0.15, -0.1) is 0 Å². The van der Waals surface area contributed by atoms with Crippen LogP contribution in [0.5, 0.6) is 0 Å². The third kappa shape index (κ3) is 8.03. The molecule has 0 amide bonds. The van der Waals surface area contributed by atoms with Crippen molar-refractivity contribution in [3.8, 4) is 0 Å². The number of rotatable bonds is 11. The van der Waals surface area contributed by atoms with Gasteiger partial charge in [0.2, 0.25) is 0 Å². The minimum absolute atomic E-state index is 0.0529. The van der Waals surface area contributed by atoms with Gasteiger partial charge >= 0.3 is 0 Å². The van der Waals surface area contributed by atoms with Crippen molar-refractivity contribution in [2.75, 3.05) is 11.5 Å². The quantitative estimate of drug-likeness (QED) is 0.320. The fraction of sp³-hybridized carbons (Fsp3) is 1.00. The Bertz CT molecular complexity index is 223. The lowest BCUT2D eigenvalue weighted by Gasteiger charge is -2.18. The van der Waals surface area contributed by atoms with E-state index in [2.05, 4.69) is 0 Å². The Morgan fingerprint density at radius 3 is 1.25 bits per heavy atom. The van der Waals surface area contributed by atoms with E-state index in [-0.39, 0.29) is 10.5 Å². The second-order valence-corrected chi connectivity index (χ2v) is 13.6. The molecule has 0 rings (SSSR count). The molecule has 0 aromatic rings. The number of hydrogen-bond donors (Lipinski definition) is 0. The highest BCUT2D eigenvalue weighted by molar-refractivity contribution is 8.67. The van der Waals surface area contributed by atoms with Gasteiger partial charge in [0.15, 0.2) is 62.8 Å². The lowest BCUT2D eigenvalue weighted by Crippen LogP contribution is -2.29. The molecular formula is C12H26O4S4. The third-order valence-electron chi connectivity index (χ3n) is 3.05. The normalized spacial score (nSPS) is 21.0. The highest BCUT2D eigenvalue weighted by atomic mass is 33.2. The molecule has 0 heterocycles. The monoisotopic (exact) mass is 362 g/mol. The second kappa shape index (κ2) is 11.8. The summed E-state index contributed by atoms with van der Waals surface area (Å²) in [6.45, 7) is 7.51. The first kappa shape index (κ1) is 21.2. The van der Waals surface area contributed by atoms with Crippen LogP contribution in [0.1, 0.15) is 53.4 Å². The molecule has 0 saturated heterocycles. The molecule has 0 N–H and O–H groups in total. The summed E-state index contributed by atoms with van der Waals surface area (Å²) in [5, 5.41) is -0.106. The van der Waals surface area contributed by atoms with Gasteiger partial charge in [-0.05, 0) is 26.7 Å². The maximum absolute atomic E-state index is 11.8. The molecule has 0 spiro atoms. The highest BCUT2D eigenvalue weighted by Crippen LogP contribution is 2.18.